The number of hydrogen-bond acceptors (Lipinski definition) is 2. The Morgan fingerprint density at radius 2 is 1.25 bits per heavy atom. The van der Waals surface area contributed by atoms with Crippen LogP contribution in [0, 0.1) is 11.8 Å². The summed E-state index contributed by atoms with van der Waals surface area (Å²) < 4.78 is 7.73. The normalized spacial score (nSPS) is 20.3. The largest absolute Gasteiger partial charge is 0.447 e. The Morgan fingerprint density at radius 1 is 0.857 bits per heavy atom. The Bertz CT molecular complexity index is 455. The van der Waals surface area contributed by atoms with Crippen LogP contribution in [0.4, 0.5) is 0 Å². The summed E-state index contributed by atoms with van der Waals surface area (Å²) in [4.78, 5) is 12.0. The Morgan fingerprint density at radius 3 is 1.61 bits per heavy atom. The van der Waals surface area contributed by atoms with Crippen LogP contribution in [0.25, 0.3) is 0 Å². The molecule has 0 N–H and O–H groups in total. The van der Waals surface area contributed by atoms with E-state index in [1.807, 2.05) is 0 Å². The maximum absolute atomic E-state index is 12.0. The average molecular weight is 395 g/mol. The molecule has 0 bridgehead atoms. The fourth-order valence-corrected chi connectivity index (χ4v) is 5.73. The molecule has 0 saturated heterocycles. The van der Waals surface area contributed by atoms with E-state index in [-0.39, 0.29) is 12.1 Å². The number of ether oxygens (including phenoxy) is 1. The fourth-order valence-electron chi connectivity index (χ4n) is 5.73. The van der Waals surface area contributed by atoms with Crippen LogP contribution in [0.1, 0.15) is 64.2 Å². The number of nitrogens with zero attached hydrogens (tertiary/aromatic N) is 2. The van der Waals surface area contributed by atoms with Gasteiger partial charge in [0, 0.05) is 17.9 Å². The highest BCUT2D eigenvalue weighted by Crippen LogP contribution is 2.27. The third-order valence-electron chi connectivity index (χ3n) is 6.80. The van der Waals surface area contributed by atoms with Crippen LogP contribution in [0.3, 0.4) is 0 Å². The predicted molar refractivity (Wildman–Crippen MR) is 117 cm³/mol. The summed E-state index contributed by atoms with van der Waals surface area (Å²) in [5, 5.41) is 0. The minimum atomic E-state index is -0.277. The second-order valence-corrected chi connectivity index (χ2v) is 10.9. The Labute approximate surface area is 174 Å². The Hall–Kier alpha value is -0.870. The molecule has 2 fully saturated rings. The summed E-state index contributed by atoms with van der Waals surface area (Å²) in [5.41, 5.74) is 0. The molecule has 0 amide bonds. The summed E-state index contributed by atoms with van der Waals surface area (Å²) in [5.74, 6) is 1.37. The number of hydrogen-bond donors (Lipinski definition) is 0. The van der Waals surface area contributed by atoms with Crippen molar-refractivity contribution < 1.29 is 18.5 Å². The molecule has 0 aromatic rings. The zero-order chi connectivity index (χ0) is 20.6. The first-order chi connectivity index (χ1) is 13.2. The van der Waals surface area contributed by atoms with Gasteiger partial charge in [-0.3, -0.25) is 0 Å². The second-order valence-electron chi connectivity index (χ2n) is 10.9. The molecule has 0 unspecified atom stereocenters. The molecule has 0 heterocycles. The number of carbonyl (C=O) groups excluding carboxylic acids is 1. The standard InChI is InChI=1S/C24H46N2O2/c1-6-24(27)28-23(19-25(2,3)17-21-13-9-7-10-14-21)20-26(4,5)18-22-15-11-8-12-16-22/h6,21-23H,1,7-20H2,2-5H3/q+2. The van der Waals surface area contributed by atoms with Crippen LogP contribution >= 0.6 is 0 Å². The van der Waals surface area contributed by atoms with Crippen molar-refractivity contribution in [2.75, 3.05) is 54.4 Å². The number of carbonyl (C=O) groups is 1. The number of quaternary nitrogens is 2. The summed E-state index contributed by atoms with van der Waals surface area (Å²) in [6.45, 7) is 7.78. The third-order valence-corrected chi connectivity index (χ3v) is 6.80. The number of esters is 1. The molecule has 0 radical (unpaired) electrons. The van der Waals surface area contributed by atoms with Gasteiger partial charge in [0.1, 0.15) is 13.1 Å². The minimum absolute atomic E-state index is 0.0531. The van der Waals surface area contributed by atoms with Gasteiger partial charge in [-0.05, 0) is 25.7 Å². The maximum Gasteiger partial charge on any atom is 0.330 e. The van der Waals surface area contributed by atoms with E-state index in [9.17, 15) is 4.79 Å². The first-order valence-electron chi connectivity index (χ1n) is 11.7. The van der Waals surface area contributed by atoms with Crippen LogP contribution < -0.4 is 0 Å². The van der Waals surface area contributed by atoms with Gasteiger partial charge in [0.15, 0.2) is 6.10 Å². The van der Waals surface area contributed by atoms with Crippen LogP contribution in [-0.4, -0.2) is 75.4 Å². The Balaban J connectivity index is 1.96. The summed E-state index contributed by atoms with van der Waals surface area (Å²) in [6, 6.07) is 0. The first-order valence-corrected chi connectivity index (χ1v) is 11.7. The van der Waals surface area contributed by atoms with Gasteiger partial charge in [-0.2, -0.15) is 0 Å². The molecule has 0 spiro atoms. The van der Waals surface area contributed by atoms with Gasteiger partial charge >= 0.3 is 5.97 Å². The van der Waals surface area contributed by atoms with Gasteiger partial charge < -0.3 is 13.7 Å². The van der Waals surface area contributed by atoms with Crippen molar-refractivity contribution in [1.29, 1.82) is 0 Å². The Kier molecular flexibility index (Phi) is 9.01. The number of rotatable bonds is 10. The van der Waals surface area contributed by atoms with E-state index in [0.717, 1.165) is 33.9 Å². The molecule has 2 rings (SSSR count). The molecule has 162 valence electrons. The smallest absolute Gasteiger partial charge is 0.330 e. The lowest BCUT2D eigenvalue weighted by Gasteiger charge is -2.40. The monoisotopic (exact) mass is 394 g/mol. The van der Waals surface area contributed by atoms with Gasteiger partial charge in [-0.15, -0.1) is 0 Å². The van der Waals surface area contributed by atoms with Crippen LogP contribution in [-0.2, 0) is 9.53 Å². The highest BCUT2D eigenvalue weighted by atomic mass is 16.5. The molecular formula is C24H46N2O2+2. The lowest BCUT2D eigenvalue weighted by molar-refractivity contribution is -0.917. The lowest BCUT2D eigenvalue weighted by atomic mass is 9.88. The van der Waals surface area contributed by atoms with E-state index in [1.54, 1.807) is 0 Å². The SMILES string of the molecule is C=CC(=O)OC(C[N+](C)(C)CC1CCCCC1)C[N+](C)(C)CC1CCCCC1. The van der Waals surface area contributed by atoms with Crippen molar-refractivity contribution >= 4 is 5.97 Å². The molecule has 4 heteroatoms. The van der Waals surface area contributed by atoms with Crippen LogP contribution in [0.15, 0.2) is 12.7 Å². The van der Waals surface area contributed by atoms with Crippen molar-refractivity contribution in [3.8, 4) is 0 Å². The fraction of sp³-hybridized carbons (Fsp3) is 0.875. The summed E-state index contributed by atoms with van der Waals surface area (Å²) in [6.07, 6.45) is 15.0. The lowest BCUT2D eigenvalue weighted by Crippen LogP contribution is -2.56. The van der Waals surface area contributed by atoms with Gasteiger partial charge in [-0.1, -0.05) is 45.1 Å². The van der Waals surface area contributed by atoms with E-state index in [4.69, 9.17) is 4.74 Å². The molecule has 4 nitrogen and oxygen atoms in total. The molecule has 0 aromatic carbocycles. The van der Waals surface area contributed by atoms with E-state index in [1.165, 1.54) is 83.4 Å². The van der Waals surface area contributed by atoms with Crippen molar-refractivity contribution in [3.05, 3.63) is 12.7 Å². The van der Waals surface area contributed by atoms with Gasteiger partial charge in [-0.25, -0.2) is 4.79 Å². The molecule has 0 atom stereocenters. The van der Waals surface area contributed by atoms with Gasteiger partial charge in [0.2, 0.25) is 0 Å². The van der Waals surface area contributed by atoms with Crippen molar-refractivity contribution in [3.63, 3.8) is 0 Å². The second kappa shape index (κ2) is 10.8. The molecule has 0 aliphatic heterocycles. The maximum atomic E-state index is 12.0. The van der Waals surface area contributed by atoms with Crippen LogP contribution in [0.2, 0.25) is 0 Å². The quantitative estimate of drug-likeness (QED) is 0.312. The zero-order valence-electron chi connectivity index (χ0n) is 19.1. The molecule has 2 saturated carbocycles. The average Bonchev–Trinajstić information content (AvgIpc) is 2.61. The van der Waals surface area contributed by atoms with E-state index < -0.39 is 0 Å². The molecular weight excluding hydrogens is 348 g/mol. The van der Waals surface area contributed by atoms with Gasteiger partial charge in [0.25, 0.3) is 0 Å². The third kappa shape index (κ3) is 8.65. The first kappa shape index (κ1) is 23.4. The molecule has 2 aliphatic rings. The predicted octanol–water partition coefficient (Wildman–Crippen LogP) is 4.40. The molecule has 2 aliphatic carbocycles. The van der Waals surface area contributed by atoms with Crippen LogP contribution in [0.5, 0.6) is 0 Å². The topological polar surface area (TPSA) is 26.3 Å². The van der Waals surface area contributed by atoms with Crippen molar-refractivity contribution in [2.45, 2.75) is 70.3 Å². The highest BCUT2D eigenvalue weighted by molar-refractivity contribution is 5.81. The highest BCUT2D eigenvalue weighted by Gasteiger charge is 2.34. The van der Waals surface area contributed by atoms with E-state index >= 15 is 0 Å². The zero-order valence-corrected chi connectivity index (χ0v) is 19.1. The van der Waals surface area contributed by atoms with Gasteiger partial charge in [0.05, 0.1) is 41.3 Å². The molecule has 0 aromatic heterocycles. The summed E-state index contributed by atoms with van der Waals surface area (Å²) in [7, 11) is 9.24. The van der Waals surface area contributed by atoms with Crippen molar-refractivity contribution in [1.82, 2.24) is 0 Å². The summed E-state index contributed by atoms with van der Waals surface area (Å²) >= 11 is 0. The van der Waals surface area contributed by atoms with Crippen molar-refractivity contribution in [2.24, 2.45) is 11.8 Å². The van der Waals surface area contributed by atoms with E-state index in [2.05, 4.69) is 34.8 Å². The molecule has 28 heavy (non-hydrogen) atoms. The number of likely N-dealkylation sites (N-methyl/N-ethyl adjacent to an activating group) is 2. The van der Waals surface area contributed by atoms with E-state index in [0.29, 0.717) is 0 Å². The minimum Gasteiger partial charge on any atom is -0.447 e.